The van der Waals surface area contributed by atoms with Gasteiger partial charge in [0.05, 0.1) is 5.52 Å². The Morgan fingerprint density at radius 1 is 0.794 bits per heavy atom. The van der Waals surface area contributed by atoms with Crippen molar-refractivity contribution in [2.75, 3.05) is 0 Å². The molecule has 0 saturated heterocycles. The molecule has 1 radical (unpaired) electrons. The molecule has 7 rings (SSSR count). The number of hydrogen-bond donors (Lipinski definition) is 1. The standard InChI is InChI=1S/C23H12N.C6H5NO2.Ir/c1-2-7-15-14(6-1)12-13-19-21-17-9-4-3-8-16(17)18-10-5-11-20(22(18)21)24-23(15)19;8-6(9)5-3-1-2-4-7-5;/h1-6,8-13H;1-4H,(H,8,9);/q-1;;. The molecule has 34 heavy (non-hydrogen) atoms. The first-order valence-electron chi connectivity index (χ1n) is 10.6. The molecule has 4 nitrogen and oxygen atoms in total. The summed E-state index contributed by atoms with van der Waals surface area (Å²) < 4.78 is 0. The number of aromatic nitrogens is 2. The molecule has 1 aliphatic carbocycles. The summed E-state index contributed by atoms with van der Waals surface area (Å²) >= 11 is 0. The van der Waals surface area contributed by atoms with E-state index in [0.717, 1.165) is 16.4 Å². The molecule has 165 valence electrons. The molecular weight excluding hydrogens is 601 g/mol. The van der Waals surface area contributed by atoms with Crippen LogP contribution in [0.5, 0.6) is 0 Å². The van der Waals surface area contributed by atoms with Crippen LogP contribution in [0.1, 0.15) is 10.5 Å². The smallest absolute Gasteiger partial charge is 0.354 e. The number of benzene rings is 4. The van der Waals surface area contributed by atoms with Gasteiger partial charge in [0.1, 0.15) is 5.69 Å². The number of hydrogen-bond acceptors (Lipinski definition) is 3. The van der Waals surface area contributed by atoms with Crippen molar-refractivity contribution >= 4 is 38.5 Å². The molecule has 2 heterocycles. The Morgan fingerprint density at radius 3 is 2.35 bits per heavy atom. The molecule has 0 saturated carbocycles. The zero-order chi connectivity index (χ0) is 22.4. The normalized spacial score (nSPS) is 10.9. The summed E-state index contributed by atoms with van der Waals surface area (Å²) in [4.78, 5) is 18.7. The van der Waals surface area contributed by atoms with Gasteiger partial charge in [-0.15, -0.1) is 35.0 Å². The zero-order valence-electron chi connectivity index (χ0n) is 17.8. The van der Waals surface area contributed by atoms with Crippen LogP contribution >= 0.6 is 0 Å². The van der Waals surface area contributed by atoms with Gasteiger partial charge in [0.15, 0.2) is 0 Å². The Balaban J connectivity index is 0.000000206. The Kier molecular flexibility index (Phi) is 5.66. The maximum absolute atomic E-state index is 10.1. The number of carboxylic acids is 1. The van der Waals surface area contributed by atoms with Crippen LogP contribution in [-0.4, -0.2) is 21.0 Å². The maximum atomic E-state index is 10.1. The van der Waals surface area contributed by atoms with Gasteiger partial charge >= 0.3 is 5.97 Å². The average molecular weight is 618 g/mol. The van der Waals surface area contributed by atoms with E-state index in [1.807, 2.05) is 12.1 Å². The molecule has 0 aliphatic heterocycles. The molecular formula is C29H17IrN2O2-. The molecule has 0 fully saturated rings. The quantitative estimate of drug-likeness (QED) is 0.126. The molecule has 0 amide bonds. The molecule has 2 aromatic heterocycles. The molecule has 6 aromatic rings. The Bertz CT molecular complexity index is 1700. The molecule has 0 unspecified atom stereocenters. The van der Waals surface area contributed by atoms with Crippen molar-refractivity contribution in [1.82, 2.24) is 9.97 Å². The number of nitrogens with zero attached hydrogens (tertiary/aromatic N) is 2. The molecule has 1 aliphatic rings. The van der Waals surface area contributed by atoms with Gasteiger partial charge in [0.25, 0.3) is 0 Å². The van der Waals surface area contributed by atoms with Crippen LogP contribution < -0.4 is 0 Å². The fourth-order valence-electron chi connectivity index (χ4n) is 4.58. The van der Waals surface area contributed by atoms with E-state index in [-0.39, 0.29) is 25.8 Å². The van der Waals surface area contributed by atoms with Crippen LogP contribution in [0, 0.1) is 6.07 Å². The molecule has 4 aromatic carbocycles. The van der Waals surface area contributed by atoms with E-state index in [2.05, 4.69) is 71.7 Å². The van der Waals surface area contributed by atoms with Gasteiger partial charge in [0, 0.05) is 31.7 Å². The van der Waals surface area contributed by atoms with Crippen LogP contribution in [0.25, 0.3) is 54.8 Å². The average Bonchev–Trinajstić information content (AvgIpc) is 3.21. The predicted octanol–water partition coefficient (Wildman–Crippen LogP) is 6.77. The fourth-order valence-corrected chi connectivity index (χ4v) is 4.58. The van der Waals surface area contributed by atoms with Crippen LogP contribution in [-0.2, 0) is 20.1 Å². The van der Waals surface area contributed by atoms with Gasteiger partial charge in [0.2, 0.25) is 0 Å². The summed E-state index contributed by atoms with van der Waals surface area (Å²) in [6.45, 7) is 0. The summed E-state index contributed by atoms with van der Waals surface area (Å²) in [6.07, 6.45) is 1.45. The van der Waals surface area contributed by atoms with Crippen molar-refractivity contribution in [2.24, 2.45) is 0 Å². The third-order valence-corrected chi connectivity index (χ3v) is 5.97. The number of rotatable bonds is 1. The van der Waals surface area contributed by atoms with Crippen molar-refractivity contribution in [1.29, 1.82) is 0 Å². The Labute approximate surface area is 209 Å². The predicted molar refractivity (Wildman–Crippen MR) is 131 cm³/mol. The Morgan fingerprint density at radius 2 is 1.59 bits per heavy atom. The van der Waals surface area contributed by atoms with Gasteiger partial charge in [-0.1, -0.05) is 54.6 Å². The third-order valence-electron chi connectivity index (χ3n) is 5.97. The molecule has 1 N–H and O–H groups in total. The molecule has 5 heteroatoms. The minimum atomic E-state index is -0.990. The third kappa shape index (κ3) is 3.47. The van der Waals surface area contributed by atoms with E-state index >= 15 is 0 Å². The van der Waals surface area contributed by atoms with E-state index in [1.54, 1.807) is 12.1 Å². The summed E-state index contributed by atoms with van der Waals surface area (Å²) in [5.74, 6) is -0.990. The first kappa shape index (κ1) is 21.9. The Hall–Kier alpha value is -3.92. The topological polar surface area (TPSA) is 63.1 Å². The van der Waals surface area contributed by atoms with Crippen molar-refractivity contribution < 1.29 is 30.0 Å². The molecule has 0 bridgehead atoms. The summed E-state index contributed by atoms with van der Waals surface area (Å²) in [7, 11) is 0. The molecule has 0 atom stereocenters. The van der Waals surface area contributed by atoms with Gasteiger partial charge in [-0.3, -0.25) is 4.98 Å². The monoisotopic (exact) mass is 618 g/mol. The van der Waals surface area contributed by atoms with E-state index in [4.69, 9.17) is 10.1 Å². The second-order valence-corrected chi connectivity index (χ2v) is 7.85. The van der Waals surface area contributed by atoms with Crippen molar-refractivity contribution in [3.05, 3.63) is 109 Å². The molecule has 0 spiro atoms. The van der Waals surface area contributed by atoms with Crippen LogP contribution in [0.4, 0.5) is 0 Å². The van der Waals surface area contributed by atoms with Gasteiger partial charge in [-0.25, -0.2) is 9.78 Å². The first-order valence-corrected chi connectivity index (χ1v) is 10.6. The van der Waals surface area contributed by atoms with E-state index in [9.17, 15) is 4.79 Å². The second kappa shape index (κ2) is 8.79. The summed E-state index contributed by atoms with van der Waals surface area (Å²) in [5.41, 5.74) is 7.43. The zero-order valence-corrected chi connectivity index (χ0v) is 20.2. The fraction of sp³-hybridized carbons (Fsp3) is 0. The number of pyridine rings is 2. The van der Waals surface area contributed by atoms with Crippen molar-refractivity contribution in [3.8, 4) is 22.3 Å². The van der Waals surface area contributed by atoms with Crippen LogP contribution in [0.2, 0.25) is 0 Å². The number of carbonyl (C=O) groups is 1. The second-order valence-electron chi connectivity index (χ2n) is 7.85. The van der Waals surface area contributed by atoms with E-state index in [0.29, 0.717) is 0 Å². The van der Waals surface area contributed by atoms with Gasteiger partial charge < -0.3 is 5.11 Å². The number of fused-ring (bicyclic) bond motifs is 7. The van der Waals surface area contributed by atoms with E-state index < -0.39 is 5.97 Å². The van der Waals surface area contributed by atoms with Crippen molar-refractivity contribution in [3.63, 3.8) is 0 Å². The largest absolute Gasteiger partial charge is 0.477 e. The van der Waals surface area contributed by atoms with Crippen LogP contribution in [0.15, 0.2) is 97.2 Å². The minimum absolute atomic E-state index is 0. The van der Waals surface area contributed by atoms with E-state index in [1.165, 1.54) is 50.7 Å². The number of aromatic carboxylic acids is 1. The van der Waals surface area contributed by atoms with Crippen molar-refractivity contribution in [2.45, 2.75) is 0 Å². The SMILES string of the molecule is O=C(O)c1ccccn1.[Ir].[c-]1cccc2ccc3c4c5c(cccc5nc3c12)-c1ccccc1-4. The van der Waals surface area contributed by atoms with Crippen LogP contribution in [0.3, 0.4) is 0 Å². The van der Waals surface area contributed by atoms with Gasteiger partial charge in [-0.05, 0) is 51.4 Å². The van der Waals surface area contributed by atoms with Gasteiger partial charge in [-0.2, -0.15) is 0 Å². The maximum Gasteiger partial charge on any atom is 0.354 e. The first-order chi connectivity index (χ1) is 16.2. The minimum Gasteiger partial charge on any atom is -0.477 e. The number of carboxylic acid groups (broad SMARTS) is 1. The summed E-state index contributed by atoms with van der Waals surface area (Å²) in [5, 5.41) is 13.1. The summed E-state index contributed by atoms with van der Waals surface area (Å²) in [6, 6.07) is 33.8.